The van der Waals surface area contributed by atoms with Crippen molar-refractivity contribution in [2.24, 2.45) is 0 Å². The van der Waals surface area contributed by atoms with Gasteiger partial charge in [0, 0.05) is 10.6 Å². The van der Waals surface area contributed by atoms with Crippen LogP contribution >= 0.6 is 11.6 Å². The number of amides is 1. The molecule has 8 heteroatoms. The third-order valence-electron chi connectivity index (χ3n) is 6.44. The molecule has 0 saturated heterocycles. The van der Waals surface area contributed by atoms with Gasteiger partial charge in [0.2, 0.25) is 0 Å². The average Bonchev–Trinajstić information content (AvgIpc) is 3.21. The van der Waals surface area contributed by atoms with Gasteiger partial charge in [0.25, 0.3) is 15.9 Å². The molecule has 0 aliphatic heterocycles. The Bertz CT molecular complexity index is 1560. The Kier molecular flexibility index (Phi) is 9.02. The number of hydrogen-bond acceptors (Lipinski definition) is 4. The molecule has 0 saturated carbocycles. The highest BCUT2D eigenvalue weighted by atomic mass is 35.5. The normalized spacial score (nSPS) is 11.9. The van der Waals surface area contributed by atoms with Crippen molar-refractivity contribution in [3.8, 4) is 0 Å². The van der Waals surface area contributed by atoms with Crippen LogP contribution in [0.5, 0.6) is 0 Å². The second-order valence-electron chi connectivity index (χ2n) is 9.37. The summed E-state index contributed by atoms with van der Waals surface area (Å²) < 4.78 is 29.1. The number of nitrogens with zero attached hydrogens (tertiary/aromatic N) is 2. The number of benzene rings is 3. The van der Waals surface area contributed by atoms with Crippen LogP contribution in [0.15, 0.2) is 72.1 Å². The average molecular weight is 550 g/mol. The highest BCUT2D eigenvalue weighted by molar-refractivity contribution is 7.93. The smallest absolute Gasteiger partial charge is 0.265 e. The van der Waals surface area contributed by atoms with Gasteiger partial charge in [0.15, 0.2) is 0 Å². The van der Waals surface area contributed by atoms with Crippen molar-refractivity contribution in [2.45, 2.75) is 52.5 Å². The van der Waals surface area contributed by atoms with E-state index in [1.165, 1.54) is 30.9 Å². The first kappa shape index (κ1) is 27.6. The second kappa shape index (κ2) is 12.4. The van der Waals surface area contributed by atoms with Gasteiger partial charge in [-0.1, -0.05) is 80.3 Å². The summed E-state index contributed by atoms with van der Waals surface area (Å²) in [5.41, 5.74) is 4.57. The summed E-state index contributed by atoms with van der Waals surface area (Å²) in [5, 5.41) is 1.69. The van der Waals surface area contributed by atoms with Gasteiger partial charge in [0.05, 0.1) is 23.0 Å². The highest BCUT2D eigenvalue weighted by Gasteiger charge is 2.17. The topological polar surface area (TPSA) is 81.1 Å². The number of imidazole rings is 1. The van der Waals surface area contributed by atoms with Crippen LogP contribution in [-0.2, 0) is 23.0 Å². The number of hydrogen-bond donors (Lipinski definition) is 1. The molecule has 0 aliphatic carbocycles. The first-order chi connectivity index (χ1) is 18.3. The summed E-state index contributed by atoms with van der Waals surface area (Å²) in [5.74, 6) is 0.0659. The van der Waals surface area contributed by atoms with Crippen LogP contribution in [0.3, 0.4) is 0 Å². The maximum Gasteiger partial charge on any atom is 0.265 e. The zero-order chi connectivity index (χ0) is 27.1. The van der Waals surface area contributed by atoms with Crippen molar-refractivity contribution in [1.82, 2.24) is 14.3 Å². The minimum absolute atomic E-state index is 0.226. The van der Waals surface area contributed by atoms with Crippen LogP contribution in [0.4, 0.5) is 0 Å². The van der Waals surface area contributed by atoms with Crippen molar-refractivity contribution in [2.75, 3.05) is 0 Å². The van der Waals surface area contributed by atoms with Crippen molar-refractivity contribution in [3.63, 3.8) is 0 Å². The monoisotopic (exact) mass is 549 g/mol. The summed E-state index contributed by atoms with van der Waals surface area (Å²) >= 11 is 6.65. The van der Waals surface area contributed by atoms with Gasteiger partial charge >= 0.3 is 0 Å². The number of carbonyl (C=O) groups is 1. The molecule has 1 heterocycles. The Morgan fingerprint density at radius 1 is 1.03 bits per heavy atom. The zero-order valence-electron chi connectivity index (χ0n) is 21.7. The van der Waals surface area contributed by atoms with Gasteiger partial charge in [-0.2, -0.15) is 0 Å². The van der Waals surface area contributed by atoms with Crippen LogP contribution in [0.1, 0.15) is 65.5 Å². The number of nitrogens with one attached hydrogen (secondary N) is 1. The Labute approximate surface area is 229 Å². The Hall–Kier alpha value is -3.42. The Balaban J connectivity index is 1.51. The molecular weight excluding hydrogens is 518 g/mol. The fourth-order valence-corrected chi connectivity index (χ4v) is 5.38. The van der Waals surface area contributed by atoms with Crippen molar-refractivity contribution < 1.29 is 13.2 Å². The first-order valence-corrected chi connectivity index (χ1v) is 14.7. The number of halogens is 1. The fraction of sp³-hybridized carbons (Fsp3) is 0.267. The van der Waals surface area contributed by atoms with E-state index in [-0.39, 0.29) is 5.56 Å². The quantitative estimate of drug-likeness (QED) is 0.206. The van der Waals surface area contributed by atoms with E-state index in [1.54, 1.807) is 42.5 Å². The summed E-state index contributed by atoms with van der Waals surface area (Å²) in [6.45, 7) is 4.59. The third-order valence-corrected chi connectivity index (χ3v) is 7.76. The number of sulfonamides is 1. The lowest BCUT2D eigenvalue weighted by Crippen LogP contribution is -2.28. The number of aryl methyl sites for hydroxylation is 2. The van der Waals surface area contributed by atoms with Gasteiger partial charge in [0.1, 0.15) is 5.82 Å². The molecule has 0 unspecified atom stereocenters. The minimum Gasteiger partial charge on any atom is -0.324 e. The molecule has 0 atom stereocenters. The van der Waals surface area contributed by atoms with E-state index in [0.29, 0.717) is 17.1 Å². The zero-order valence-corrected chi connectivity index (χ0v) is 23.2. The van der Waals surface area contributed by atoms with Crippen LogP contribution < -0.4 is 4.72 Å². The number of carbonyl (C=O) groups excluding carboxylic acids is 1. The Morgan fingerprint density at radius 3 is 2.55 bits per heavy atom. The second-order valence-corrected chi connectivity index (χ2v) is 11.3. The molecular formula is C30H32ClN3O3S. The molecule has 38 heavy (non-hydrogen) atoms. The SMILES string of the molecule is CCCCCCc1ccc(Cn2c(C)nc3ccc(C(=O)NS(=O)(=O)/C=C/c4ccccc4)cc32)c(Cl)c1. The van der Waals surface area contributed by atoms with Crippen molar-refractivity contribution in [1.29, 1.82) is 0 Å². The van der Waals surface area contributed by atoms with E-state index in [1.807, 2.05) is 29.7 Å². The Morgan fingerprint density at radius 2 is 1.82 bits per heavy atom. The molecule has 0 spiro atoms. The molecule has 1 aromatic heterocycles. The number of unbranched alkanes of at least 4 members (excludes halogenated alkanes) is 3. The maximum atomic E-state index is 12.8. The molecule has 6 nitrogen and oxygen atoms in total. The summed E-state index contributed by atoms with van der Waals surface area (Å²) in [6.07, 6.45) is 7.28. The van der Waals surface area contributed by atoms with Gasteiger partial charge in [-0.25, -0.2) is 18.1 Å². The molecule has 0 bridgehead atoms. The largest absolute Gasteiger partial charge is 0.324 e. The van der Waals surface area contributed by atoms with E-state index in [0.717, 1.165) is 40.7 Å². The van der Waals surface area contributed by atoms with E-state index >= 15 is 0 Å². The summed E-state index contributed by atoms with van der Waals surface area (Å²) in [7, 11) is -3.97. The third kappa shape index (κ3) is 7.11. The van der Waals surface area contributed by atoms with E-state index in [9.17, 15) is 13.2 Å². The van der Waals surface area contributed by atoms with Crippen molar-refractivity contribution in [3.05, 3.63) is 105 Å². The summed E-state index contributed by atoms with van der Waals surface area (Å²) in [6, 6.07) is 20.2. The molecule has 3 aromatic carbocycles. The number of aromatic nitrogens is 2. The van der Waals surface area contributed by atoms with Gasteiger partial charge in [-0.3, -0.25) is 4.79 Å². The summed E-state index contributed by atoms with van der Waals surface area (Å²) in [4.78, 5) is 17.4. The van der Waals surface area contributed by atoms with Gasteiger partial charge in [-0.05, 0) is 66.8 Å². The molecule has 4 aromatic rings. The maximum absolute atomic E-state index is 12.8. The van der Waals surface area contributed by atoms with E-state index < -0.39 is 15.9 Å². The lowest BCUT2D eigenvalue weighted by Gasteiger charge is -2.11. The molecule has 198 valence electrons. The van der Waals surface area contributed by atoms with Crippen molar-refractivity contribution >= 4 is 44.6 Å². The van der Waals surface area contributed by atoms with Gasteiger partial charge in [-0.15, -0.1) is 0 Å². The molecule has 4 rings (SSSR count). The molecule has 1 N–H and O–H groups in total. The predicted octanol–water partition coefficient (Wildman–Crippen LogP) is 6.90. The van der Waals surface area contributed by atoms with E-state index in [2.05, 4.69) is 22.7 Å². The first-order valence-electron chi connectivity index (χ1n) is 12.8. The number of fused-ring (bicyclic) bond motifs is 1. The highest BCUT2D eigenvalue weighted by Crippen LogP contribution is 2.24. The molecule has 0 radical (unpaired) electrons. The van der Waals surface area contributed by atoms with Crippen LogP contribution in [0.25, 0.3) is 17.1 Å². The fourth-order valence-electron chi connectivity index (χ4n) is 4.34. The standard InChI is InChI=1S/C30H32ClN3O3S/c1-3-4-5-7-12-24-13-14-26(27(31)19-24)21-34-22(2)32-28-16-15-25(20-29(28)34)30(35)33-38(36,37)18-17-23-10-8-6-9-11-23/h6,8-11,13-20H,3-5,7,12,21H2,1-2H3,(H,33,35)/b18-17+. The van der Waals surface area contributed by atoms with Gasteiger partial charge < -0.3 is 4.57 Å². The van der Waals surface area contributed by atoms with Crippen LogP contribution in [0.2, 0.25) is 5.02 Å². The predicted molar refractivity (Wildman–Crippen MR) is 155 cm³/mol. The number of rotatable bonds is 11. The lowest BCUT2D eigenvalue weighted by atomic mass is 10.0. The minimum atomic E-state index is -3.97. The molecule has 0 fully saturated rings. The van der Waals surface area contributed by atoms with Crippen LogP contribution in [-0.4, -0.2) is 23.9 Å². The molecule has 1 amide bonds. The van der Waals surface area contributed by atoms with Crippen LogP contribution in [0, 0.1) is 6.92 Å². The lowest BCUT2D eigenvalue weighted by molar-refractivity contribution is 0.0982. The molecule has 0 aliphatic rings. The van der Waals surface area contributed by atoms with E-state index in [4.69, 9.17) is 11.6 Å².